The van der Waals surface area contributed by atoms with Gasteiger partial charge in [-0.1, -0.05) is 23.8 Å². The molecular formula is C20H21FN2O3. The summed E-state index contributed by atoms with van der Waals surface area (Å²) in [6.45, 7) is 5.35. The van der Waals surface area contributed by atoms with E-state index in [1.54, 1.807) is 32.1 Å². The van der Waals surface area contributed by atoms with E-state index in [1.807, 2.05) is 13.0 Å². The predicted molar refractivity (Wildman–Crippen MR) is 99.6 cm³/mol. The minimum Gasteiger partial charge on any atom is -0.506 e. The number of aromatic amines is 1. The van der Waals surface area contributed by atoms with E-state index in [0.717, 1.165) is 11.1 Å². The van der Waals surface area contributed by atoms with Gasteiger partial charge in [0.05, 0.1) is 5.35 Å². The highest BCUT2D eigenvalue weighted by Gasteiger charge is 2.15. The van der Waals surface area contributed by atoms with Crippen molar-refractivity contribution in [3.8, 4) is 5.75 Å². The van der Waals surface area contributed by atoms with Gasteiger partial charge >= 0.3 is 0 Å². The number of carbonyl (C=O) groups excluding carboxylic acids is 1. The standard InChI is InChI=1S/C20H21FN2O3/c1-4-12(9-13-5-7-14(21)8-6-13)10-15-16(11(2)3)18(24)17(19(22)25)20(26)23-15/h4-8,10,24H,9H2,1-3H3,(H2,22,25)(H,23,26)/b12-4-,15-10+. The van der Waals surface area contributed by atoms with E-state index < -0.39 is 22.8 Å². The molecule has 1 heterocycles. The third-order valence-electron chi connectivity index (χ3n) is 3.99. The smallest absolute Gasteiger partial charge is 0.265 e. The molecule has 0 fully saturated rings. The Kier molecular flexibility index (Phi) is 5.77. The number of pyridine rings is 1. The van der Waals surface area contributed by atoms with Crippen LogP contribution in [0.4, 0.5) is 4.39 Å². The van der Waals surface area contributed by atoms with Crippen molar-refractivity contribution in [1.82, 2.24) is 4.98 Å². The summed E-state index contributed by atoms with van der Waals surface area (Å²) in [7, 11) is 0. The maximum atomic E-state index is 13.1. The zero-order valence-corrected chi connectivity index (χ0v) is 14.9. The van der Waals surface area contributed by atoms with Gasteiger partial charge in [-0.2, -0.15) is 0 Å². The summed E-state index contributed by atoms with van der Waals surface area (Å²) in [6, 6.07) is 6.13. The second-order valence-corrected chi connectivity index (χ2v) is 6.14. The van der Waals surface area contributed by atoms with Crippen LogP contribution in [0.25, 0.3) is 11.6 Å². The first-order valence-corrected chi connectivity index (χ1v) is 8.08. The molecule has 0 aliphatic carbocycles. The molecule has 2 aromatic rings. The highest BCUT2D eigenvalue weighted by molar-refractivity contribution is 5.95. The molecule has 1 amide bonds. The van der Waals surface area contributed by atoms with Crippen molar-refractivity contribution in [2.45, 2.75) is 27.2 Å². The Morgan fingerprint density at radius 3 is 2.38 bits per heavy atom. The Balaban J connectivity index is 2.66. The molecule has 0 spiro atoms. The minimum atomic E-state index is -0.990. The van der Waals surface area contributed by atoms with Crippen molar-refractivity contribution in [3.05, 3.63) is 73.8 Å². The summed E-state index contributed by atoms with van der Waals surface area (Å²) in [4.78, 5) is 26.2. The number of amides is 1. The van der Waals surface area contributed by atoms with Crippen LogP contribution >= 0.6 is 0 Å². The Bertz CT molecular complexity index is 1040. The number of rotatable bonds is 4. The van der Waals surface area contributed by atoms with Gasteiger partial charge in [-0.15, -0.1) is 0 Å². The number of nitrogens with two attached hydrogens (primary N) is 1. The van der Waals surface area contributed by atoms with Gasteiger partial charge in [0.2, 0.25) is 0 Å². The Morgan fingerprint density at radius 2 is 1.88 bits per heavy atom. The average Bonchev–Trinajstić information content (AvgIpc) is 2.55. The number of halogens is 1. The zero-order chi connectivity index (χ0) is 19.4. The van der Waals surface area contributed by atoms with Crippen LogP contribution in [-0.2, 0) is 6.42 Å². The number of allylic oxidation sites excluding steroid dienone is 2. The van der Waals surface area contributed by atoms with Crippen LogP contribution < -0.4 is 21.9 Å². The molecule has 0 unspecified atom stereocenters. The maximum absolute atomic E-state index is 13.1. The molecule has 5 nitrogen and oxygen atoms in total. The van der Waals surface area contributed by atoms with Gasteiger partial charge in [-0.25, -0.2) is 4.39 Å². The first-order valence-electron chi connectivity index (χ1n) is 8.08. The number of aromatic nitrogens is 1. The van der Waals surface area contributed by atoms with Crippen molar-refractivity contribution >= 4 is 17.6 Å². The van der Waals surface area contributed by atoms with Crippen LogP contribution in [0.15, 0.2) is 40.7 Å². The van der Waals surface area contributed by atoms with Crippen LogP contribution in [0, 0.1) is 5.82 Å². The summed E-state index contributed by atoms with van der Waals surface area (Å²) >= 11 is 0. The minimum absolute atomic E-state index is 0.311. The number of H-pyrrole nitrogens is 1. The third-order valence-corrected chi connectivity index (χ3v) is 3.99. The average molecular weight is 356 g/mol. The molecular weight excluding hydrogens is 335 g/mol. The molecule has 2 rings (SSSR count). The normalized spacial score (nSPS) is 12.3. The molecule has 1 aromatic heterocycles. The monoisotopic (exact) mass is 356 g/mol. The number of aromatic hydroxyl groups is 1. The molecule has 136 valence electrons. The van der Waals surface area contributed by atoms with Crippen LogP contribution in [0.5, 0.6) is 5.75 Å². The number of hydrogen-bond donors (Lipinski definition) is 3. The molecule has 0 radical (unpaired) electrons. The van der Waals surface area contributed by atoms with E-state index in [1.165, 1.54) is 12.1 Å². The zero-order valence-electron chi connectivity index (χ0n) is 14.9. The molecule has 0 saturated heterocycles. The lowest BCUT2D eigenvalue weighted by Crippen LogP contribution is -2.40. The van der Waals surface area contributed by atoms with Crippen LogP contribution in [0.3, 0.4) is 0 Å². The van der Waals surface area contributed by atoms with Gasteiger partial charge in [-0.3, -0.25) is 9.59 Å². The van der Waals surface area contributed by atoms with E-state index in [9.17, 15) is 19.1 Å². The van der Waals surface area contributed by atoms with E-state index in [2.05, 4.69) is 4.98 Å². The van der Waals surface area contributed by atoms with Crippen LogP contribution in [0.1, 0.15) is 36.7 Å². The highest BCUT2D eigenvalue weighted by atomic mass is 19.1. The van der Waals surface area contributed by atoms with Gasteiger partial charge in [-0.05, 0) is 56.5 Å². The number of primary amides is 1. The summed E-state index contributed by atoms with van der Waals surface area (Å²) in [5.41, 5.74) is 6.45. The molecule has 0 atom stereocenters. The summed E-state index contributed by atoms with van der Waals surface area (Å²) in [5, 5.41) is 11.1. The highest BCUT2D eigenvalue weighted by Crippen LogP contribution is 2.11. The molecule has 1 aromatic carbocycles. The first kappa shape index (κ1) is 19.2. The Morgan fingerprint density at radius 1 is 1.27 bits per heavy atom. The second-order valence-electron chi connectivity index (χ2n) is 6.14. The fraction of sp³-hybridized carbons (Fsp3) is 0.200. The molecule has 26 heavy (non-hydrogen) atoms. The van der Waals surface area contributed by atoms with E-state index in [0.29, 0.717) is 22.6 Å². The quantitative estimate of drug-likeness (QED) is 0.774. The van der Waals surface area contributed by atoms with Crippen molar-refractivity contribution in [1.29, 1.82) is 0 Å². The van der Waals surface area contributed by atoms with Gasteiger partial charge in [0, 0.05) is 5.22 Å². The van der Waals surface area contributed by atoms with Gasteiger partial charge in [0.1, 0.15) is 17.1 Å². The molecule has 4 N–H and O–H groups in total. The largest absolute Gasteiger partial charge is 0.506 e. The number of hydrogen-bond acceptors (Lipinski definition) is 3. The Labute approximate surface area is 150 Å². The SMILES string of the molecule is C/C=C(\C=c1\[nH]c(=O)c(C(N)=O)c(O)c1=C(C)C)Cc1ccc(F)cc1. The number of benzene rings is 1. The molecule has 0 aliphatic rings. The van der Waals surface area contributed by atoms with Gasteiger partial charge in [0.25, 0.3) is 11.5 Å². The second kappa shape index (κ2) is 7.82. The maximum Gasteiger partial charge on any atom is 0.265 e. The van der Waals surface area contributed by atoms with Crippen molar-refractivity contribution in [2.24, 2.45) is 5.73 Å². The first-order chi connectivity index (χ1) is 12.2. The molecule has 0 saturated carbocycles. The fourth-order valence-corrected chi connectivity index (χ4v) is 2.71. The third kappa shape index (κ3) is 4.08. The lowest BCUT2D eigenvalue weighted by Gasteiger charge is -2.06. The predicted octanol–water partition coefficient (Wildman–Crippen LogP) is 1.48. The van der Waals surface area contributed by atoms with Gasteiger partial charge in [0.15, 0.2) is 0 Å². The Hall–Kier alpha value is -3.15. The van der Waals surface area contributed by atoms with Crippen molar-refractivity contribution in [3.63, 3.8) is 0 Å². The lowest BCUT2D eigenvalue weighted by molar-refractivity contribution is 0.0996. The summed E-state index contributed by atoms with van der Waals surface area (Å²) < 4.78 is 13.1. The van der Waals surface area contributed by atoms with E-state index in [4.69, 9.17) is 5.73 Å². The molecule has 0 bridgehead atoms. The van der Waals surface area contributed by atoms with E-state index in [-0.39, 0.29) is 5.82 Å². The summed E-state index contributed by atoms with van der Waals surface area (Å²) in [5.74, 6) is -1.73. The van der Waals surface area contributed by atoms with E-state index >= 15 is 0 Å². The number of nitrogens with one attached hydrogen (secondary N) is 1. The molecule has 0 aliphatic heterocycles. The van der Waals surface area contributed by atoms with Crippen molar-refractivity contribution < 1.29 is 14.3 Å². The summed E-state index contributed by atoms with van der Waals surface area (Å²) in [6.07, 6.45) is 4.09. The topological polar surface area (TPSA) is 96.2 Å². The van der Waals surface area contributed by atoms with Crippen LogP contribution in [0.2, 0.25) is 0 Å². The number of carbonyl (C=O) groups is 1. The van der Waals surface area contributed by atoms with Crippen molar-refractivity contribution in [2.75, 3.05) is 0 Å². The van der Waals surface area contributed by atoms with Gasteiger partial charge < -0.3 is 15.8 Å². The van der Waals surface area contributed by atoms with Crippen LogP contribution in [-0.4, -0.2) is 16.0 Å². The molecule has 6 heteroatoms. The fourth-order valence-electron chi connectivity index (χ4n) is 2.71. The lowest BCUT2D eigenvalue weighted by atomic mass is 10.0.